The van der Waals surface area contributed by atoms with Gasteiger partial charge >= 0.3 is 6.09 Å². The summed E-state index contributed by atoms with van der Waals surface area (Å²) in [6, 6.07) is 0. The monoisotopic (exact) mass is 482 g/mol. The van der Waals surface area contributed by atoms with Crippen LogP contribution in [0.3, 0.4) is 0 Å². The summed E-state index contributed by atoms with van der Waals surface area (Å²) in [6.07, 6.45) is 1.94. The zero-order chi connectivity index (χ0) is 19.0. The third-order valence-corrected chi connectivity index (χ3v) is 4.31. The molecule has 1 aliphatic rings. The molecule has 1 amide bonds. The molecular formula is C19H39IN4O2. The predicted molar refractivity (Wildman–Crippen MR) is 119 cm³/mol. The van der Waals surface area contributed by atoms with Crippen molar-refractivity contribution in [2.24, 2.45) is 16.8 Å². The lowest BCUT2D eigenvalue weighted by atomic mass is 9.96. The molecule has 0 saturated carbocycles. The van der Waals surface area contributed by atoms with E-state index in [1.54, 1.807) is 0 Å². The predicted octanol–water partition coefficient (Wildman–Crippen LogP) is 3.80. The quantitative estimate of drug-likeness (QED) is 0.368. The van der Waals surface area contributed by atoms with Gasteiger partial charge in [-0.25, -0.2) is 4.79 Å². The van der Waals surface area contributed by atoms with Crippen molar-refractivity contribution in [3.8, 4) is 0 Å². The minimum Gasteiger partial charge on any atom is -0.444 e. The van der Waals surface area contributed by atoms with E-state index in [-0.39, 0.29) is 30.1 Å². The van der Waals surface area contributed by atoms with Gasteiger partial charge in [-0.15, -0.1) is 24.0 Å². The molecule has 0 atom stereocenters. The van der Waals surface area contributed by atoms with Gasteiger partial charge in [0.1, 0.15) is 5.60 Å². The summed E-state index contributed by atoms with van der Waals surface area (Å²) in [5.41, 5.74) is -0.442. The van der Waals surface area contributed by atoms with Gasteiger partial charge < -0.3 is 19.9 Å². The molecule has 0 radical (unpaired) electrons. The van der Waals surface area contributed by atoms with Crippen LogP contribution in [0.4, 0.5) is 4.79 Å². The molecule has 0 unspecified atom stereocenters. The van der Waals surface area contributed by atoms with Crippen LogP contribution in [0.2, 0.25) is 0 Å². The van der Waals surface area contributed by atoms with Gasteiger partial charge in [-0.3, -0.25) is 4.99 Å². The molecular weight excluding hydrogens is 443 g/mol. The highest BCUT2D eigenvalue weighted by Crippen LogP contribution is 2.20. The lowest BCUT2D eigenvalue weighted by Gasteiger charge is -2.36. The van der Waals surface area contributed by atoms with E-state index in [0.29, 0.717) is 18.4 Å². The van der Waals surface area contributed by atoms with Crippen molar-refractivity contribution in [3.05, 3.63) is 0 Å². The number of hydrogen-bond donors (Lipinski definition) is 1. The van der Waals surface area contributed by atoms with E-state index >= 15 is 0 Å². The van der Waals surface area contributed by atoms with Crippen molar-refractivity contribution in [2.45, 2.75) is 60.0 Å². The molecule has 1 aliphatic heterocycles. The fourth-order valence-corrected chi connectivity index (χ4v) is 2.93. The molecule has 0 bridgehead atoms. The number of piperidine rings is 1. The van der Waals surface area contributed by atoms with Gasteiger partial charge in [-0.1, -0.05) is 13.8 Å². The van der Waals surface area contributed by atoms with Gasteiger partial charge in [-0.05, 0) is 52.4 Å². The van der Waals surface area contributed by atoms with E-state index < -0.39 is 5.60 Å². The lowest BCUT2D eigenvalue weighted by Crippen LogP contribution is -2.48. The molecule has 154 valence electrons. The minimum absolute atomic E-state index is 0. The van der Waals surface area contributed by atoms with E-state index in [1.165, 1.54) is 0 Å². The standard InChI is InChI=1S/C19H38N4O2.HI/c1-8-22(18(24)25-19(4,5)6)14-16-9-11-23(12-10-16)17(20-7)21-13-15(2)3;/h15-16H,8-14H2,1-7H3,(H,20,21);1H. The summed E-state index contributed by atoms with van der Waals surface area (Å²) in [5, 5.41) is 3.44. The number of amides is 1. The van der Waals surface area contributed by atoms with Crippen LogP contribution in [-0.2, 0) is 4.74 Å². The third-order valence-electron chi connectivity index (χ3n) is 4.31. The molecule has 1 fully saturated rings. The van der Waals surface area contributed by atoms with Crippen molar-refractivity contribution in [2.75, 3.05) is 39.8 Å². The number of carbonyl (C=O) groups excluding carboxylic acids is 1. The molecule has 0 aromatic carbocycles. The average Bonchev–Trinajstić information content (AvgIpc) is 2.52. The molecule has 1 rings (SSSR count). The molecule has 0 spiro atoms. The SMILES string of the molecule is CCN(CC1CCN(C(=NC)NCC(C)C)CC1)C(=O)OC(C)(C)C.I. The van der Waals surface area contributed by atoms with Gasteiger partial charge in [0.25, 0.3) is 0 Å². The number of ether oxygens (including phenoxy) is 1. The Morgan fingerprint density at radius 2 is 1.88 bits per heavy atom. The average molecular weight is 482 g/mol. The second-order valence-corrected chi connectivity index (χ2v) is 8.27. The van der Waals surface area contributed by atoms with Gasteiger partial charge in [0, 0.05) is 39.8 Å². The normalized spacial score (nSPS) is 16.3. The molecule has 1 heterocycles. The van der Waals surface area contributed by atoms with Crippen molar-refractivity contribution in [3.63, 3.8) is 0 Å². The summed E-state index contributed by atoms with van der Waals surface area (Å²) >= 11 is 0. The molecule has 7 heteroatoms. The Hall–Kier alpha value is -0.730. The zero-order valence-corrected chi connectivity index (χ0v) is 20.0. The number of aliphatic imine (C=N–C) groups is 1. The fraction of sp³-hybridized carbons (Fsp3) is 0.895. The second kappa shape index (κ2) is 11.9. The summed E-state index contributed by atoms with van der Waals surface area (Å²) in [7, 11) is 1.84. The second-order valence-electron chi connectivity index (χ2n) is 8.27. The maximum absolute atomic E-state index is 12.3. The molecule has 0 aromatic heterocycles. The number of nitrogens with one attached hydrogen (secondary N) is 1. The number of guanidine groups is 1. The maximum Gasteiger partial charge on any atom is 0.410 e. The Labute approximate surface area is 177 Å². The summed E-state index contributed by atoms with van der Waals surface area (Å²) in [6.45, 7) is 16.5. The molecule has 1 N–H and O–H groups in total. The largest absolute Gasteiger partial charge is 0.444 e. The van der Waals surface area contributed by atoms with Crippen LogP contribution in [0.25, 0.3) is 0 Å². The van der Waals surface area contributed by atoms with Gasteiger partial charge in [0.05, 0.1) is 0 Å². The van der Waals surface area contributed by atoms with E-state index in [4.69, 9.17) is 4.74 Å². The number of likely N-dealkylation sites (tertiary alicyclic amines) is 1. The first-order valence-corrected chi connectivity index (χ1v) is 9.59. The van der Waals surface area contributed by atoms with Crippen LogP contribution in [0.15, 0.2) is 4.99 Å². The van der Waals surface area contributed by atoms with Crippen molar-refractivity contribution >= 4 is 36.0 Å². The smallest absolute Gasteiger partial charge is 0.410 e. The highest BCUT2D eigenvalue weighted by molar-refractivity contribution is 14.0. The van der Waals surface area contributed by atoms with Gasteiger partial charge in [0.15, 0.2) is 5.96 Å². The zero-order valence-electron chi connectivity index (χ0n) is 17.7. The molecule has 1 saturated heterocycles. The minimum atomic E-state index is -0.442. The maximum atomic E-state index is 12.3. The van der Waals surface area contributed by atoms with Crippen LogP contribution in [0, 0.1) is 11.8 Å². The first-order valence-electron chi connectivity index (χ1n) is 9.59. The van der Waals surface area contributed by atoms with Crippen LogP contribution in [0.1, 0.15) is 54.4 Å². The number of hydrogen-bond acceptors (Lipinski definition) is 3. The van der Waals surface area contributed by atoms with Crippen molar-refractivity contribution < 1.29 is 9.53 Å². The number of carbonyl (C=O) groups is 1. The van der Waals surface area contributed by atoms with Crippen LogP contribution >= 0.6 is 24.0 Å². The Morgan fingerprint density at radius 1 is 1.31 bits per heavy atom. The summed E-state index contributed by atoms with van der Waals surface area (Å²) < 4.78 is 5.51. The highest BCUT2D eigenvalue weighted by Gasteiger charge is 2.27. The Bertz CT molecular complexity index is 441. The Morgan fingerprint density at radius 3 is 2.31 bits per heavy atom. The van der Waals surface area contributed by atoms with Crippen molar-refractivity contribution in [1.82, 2.24) is 15.1 Å². The van der Waals surface area contributed by atoms with Gasteiger partial charge in [0.2, 0.25) is 0 Å². The molecule has 26 heavy (non-hydrogen) atoms. The number of rotatable bonds is 5. The highest BCUT2D eigenvalue weighted by atomic mass is 127. The molecule has 0 aromatic rings. The van der Waals surface area contributed by atoms with E-state index in [1.807, 2.05) is 39.6 Å². The van der Waals surface area contributed by atoms with Crippen molar-refractivity contribution in [1.29, 1.82) is 0 Å². The summed E-state index contributed by atoms with van der Waals surface area (Å²) in [5.74, 6) is 2.11. The van der Waals surface area contributed by atoms with Crippen LogP contribution in [0.5, 0.6) is 0 Å². The number of halogens is 1. The van der Waals surface area contributed by atoms with E-state index in [0.717, 1.165) is 45.0 Å². The number of nitrogens with zero attached hydrogens (tertiary/aromatic N) is 3. The lowest BCUT2D eigenvalue weighted by molar-refractivity contribution is 0.0214. The van der Waals surface area contributed by atoms with Crippen LogP contribution < -0.4 is 5.32 Å². The Balaban J connectivity index is 0.00000625. The van der Waals surface area contributed by atoms with E-state index in [2.05, 4.69) is 29.1 Å². The van der Waals surface area contributed by atoms with E-state index in [9.17, 15) is 4.79 Å². The first kappa shape index (κ1) is 25.3. The fourth-order valence-electron chi connectivity index (χ4n) is 2.93. The first-order chi connectivity index (χ1) is 11.7. The third kappa shape index (κ3) is 9.28. The van der Waals surface area contributed by atoms with Gasteiger partial charge in [-0.2, -0.15) is 0 Å². The topological polar surface area (TPSA) is 57.2 Å². The summed E-state index contributed by atoms with van der Waals surface area (Å²) in [4.78, 5) is 20.8. The molecule has 0 aliphatic carbocycles. The van der Waals surface area contributed by atoms with Crippen LogP contribution in [-0.4, -0.2) is 67.2 Å². The Kier molecular flexibility index (Phi) is 11.5. The molecule has 6 nitrogen and oxygen atoms in total.